The molecule has 0 fully saturated rings. The largest absolute Gasteiger partial charge is 0.321 e. The molecule has 0 atom stereocenters. The first-order valence-electron chi connectivity index (χ1n) is 5.51. The van der Waals surface area contributed by atoms with E-state index in [1.54, 1.807) is 18.2 Å². The van der Waals surface area contributed by atoms with Gasteiger partial charge in [0.05, 0.1) is 23.0 Å². The van der Waals surface area contributed by atoms with Crippen molar-refractivity contribution in [3.05, 3.63) is 48.2 Å². The van der Waals surface area contributed by atoms with E-state index in [-0.39, 0.29) is 16.4 Å². The smallest absolute Gasteiger partial charge is 0.281 e. The second-order valence-electron chi connectivity index (χ2n) is 3.80. The Morgan fingerprint density at radius 1 is 1.25 bits per heavy atom. The zero-order valence-corrected chi connectivity index (χ0v) is 11.1. The number of pyridine rings is 1. The molecule has 0 aliphatic carbocycles. The quantitative estimate of drug-likeness (QED) is 0.571. The van der Waals surface area contributed by atoms with E-state index in [1.807, 2.05) is 6.07 Å². The van der Waals surface area contributed by atoms with Gasteiger partial charge in [0.15, 0.2) is 0 Å². The molecule has 0 unspecified atom stereocenters. The number of aromatic nitrogens is 1. The summed E-state index contributed by atoms with van der Waals surface area (Å²) in [6, 6.07) is 11.1. The highest BCUT2D eigenvalue weighted by atomic mass is 32.2. The first kappa shape index (κ1) is 13.8. The fourth-order valence-corrected chi connectivity index (χ4v) is 2.72. The van der Waals surface area contributed by atoms with E-state index in [0.717, 1.165) is 0 Å². The van der Waals surface area contributed by atoms with Crippen molar-refractivity contribution in [3.63, 3.8) is 0 Å². The van der Waals surface area contributed by atoms with Gasteiger partial charge in [-0.1, -0.05) is 6.07 Å². The Morgan fingerprint density at radius 2 is 2.05 bits per heavy atom. The Kier molecular flexibility index (Phi) is 3.84. The zero-order chi connectivity index (χ0) is 14.6. The topological polar surface area (TPSA) is 121 Å². The number of nitrogens with one attached hydrogen (secondary N) is 2. The van der Waals surface area contributed by atoms with Gasteiger partial charge in [0.25, 0.3) is 10.0 Å². The molecule has 1 aromatic heterocycles. The lowest BCUT2D eigenvalue weighted by molar-refractivity contribution is 0.598. The average Bonchev–Trinajstić information content (AvgIpc) is 2.47. The minimum Gasteiger partial charge on any atom is -0.321 e. The summed E-state index contributed by atoms with van der Waals surface area (Å²) >= 11 is 0. The van der Waals surface area contributed by atoms with Gasteiger partial charge in [-0.25, -0.2) is 4.98 Å². The fourth-order valence-electron chi connectivity index (χ4n) is 1.57. The molecule has 7 nitrogen and oxygen atoms in total. The summed E-state index contributed by atoms with van der Waals surface area (Å²) in [6.45, 7) is 0. The second-order valence-corrected chi connectivity index (χ2v) is 5.40. The highest BCUT2D eigenvalue weighted by Crippen LogP contribution is 2.20. The number of sulfonamides is 1. The van der Waals surface area contributed by atoms with E-state index in [2.05, 4.69) is 15.1 Å². The maximum atomic E-state index is 12.2. The van der Waals surface area contributed by atoms with Gasteiger partial charge < -0.3 is 5.43 Å². The Labute approximate surface area is 116 Å². The molecule has 0 bridgehead atoms. The lowest BCUT2D eigenvalue weighted by Gasteiger charge is -2.10. The van der Waals surface area contributed by atoms with Crippen LogP contribution in [-0.4, -0.2) is 13.4 Å². The average molecular weight is 289 g/mol. The Morgan fingerprint density at radius 3 is 2.75 bits per heavy atom. The molecule has 4 N–H and O–H groups in total. The van der Waals surface area contributed by atoms with Crippen LogP contribution in [0.1, 0.15) is 5.56 Å². The standard InChI is InChI=1S/C12H11N5O2S/c13-8-9-3-1-4-10(7-9)17-20(18,19)12-11(16-14)5-2-6-15-12/h1-7,16-17H,14H2. The summed E-state index contributed by atoms with van der Waals surface area (Å²) in [4.78, 5) is 3.80. The molecule has 1 heterocycles. The number of anilines is 2. The molecule has 0 amide bonds. The number of nitriles is 1. The van der Waals surface area contributed by atoms with Gasteiger partial charge in [0.2, 0.25) is 5.03 Å². The van der Waals surface area contributed by atoms with Gasteiger partial charge in [-0.05, 0) is 30.3 Å². The normalized spacial score (nSPS) is 10.6. The van der Waals surface area contributed by atoms with Crippen LogP contribution in [0.25, 0.3) is 0 Å². The van der Waals surface area contributed by atoms with E-state index in [1.165, 1.54) is 24.4 Å². The third-order valence-electron chi connectivity index (χ3n) is 2.43. The maximum Gasteiger partial charge on any atom is 0.281 e. The van der Waals surface area contributed by atoms with E-state index < -0.39 is 10.0 Å². The summed E-state index contributed by atoms with van der Waals surface area (Å²) in [7, 11) is -3.89. The maximum absolute atomic E-state index is 12.2. The van der Waals surface area contributed by atoms with Crippen LogP contribution in [0.3, 0.4) is 0 Å². The van der Waals surface area contributed by atoms with Crippen molar-refractivity contribution in [1.29, 1.82) is 5.26 Å². The molecule has 0 saturated carbocycles. The first-order chi connectivity index (χ1) is 9.56. The van der Waals surface area contributed by atoms with E-state index >= 15 is 0 Å². The van der Waals surface area contributed by atoms with Crippen LogP contribution < -0.4 is 16.0 Å². The predicted molar refractivity (Wildman–Crippen MR) is 74.0 cm³/mol. The van der Waals surface area contributed by atoms with E-state index in [4.69, 9.17) is 11.1 Å². The summed E-state index contributed by atoms with van der Waals surface area (Å²) in [5.74, 6) is 5.26. The first-order valence-corrected chi connectivity index (χ1v) is 7.00. The molecule has 2 rings (SSSR count). The minimum atomic E-state index is -3.89. The fraction of sp³-hybridized carbons (Fsp3) is 0. The summed E-state index contributed by atoms with van der Waals surface area (Å²) < 4.78 is 26.8. The molecule has 2 aromatic rings. The zero-order valence-electron chi connectivity index (χ0n) is 10.2. The van der Waals surface area contributed by atoms with Gasteiger partial charge >= 0.3 is 0 Å². The molecule has 0 radical (unpaired) electrons. The number of nitrogen functional groups attached to an aromatic ring is 1. The van der Waals surface area contributed by atoms with Crippen molar-refractivity contribution in [3.8, 4) is 6.07 Å². The second kappa shape index (κ2) is 5.56. The number of nitrogens with zero attached hydrogens (tertiary/aromatic N) is 2. The van der Waals surface area contributed by atoms with Crippen LogP contribution in [0, 0.1) is 11.3 Å². The summed E-state index contributed by atoms with van der Waals surface area (Å²) in [6.07, 6.45) is 1.35. The summed E-state index contributed by atoms with van der Waals surface area (Å²) in [5, 5.41) is 8.58. The molecular weight excluding hydrogens is 278 g/mol. The number of rotatable bonds is 4. The molecule has 20 heavy (non-hydrogen) atoms. The Balaban J connectivity index is 2.38. The van der Waals surface area contributed by atoms with Crippen LogP contribution in [0.2, 0.25) is 0 Å². The van der Waals surface area contributed by atoms with Gasteiger partial charge in [0, 0.05) is 6.20 Å². The monoisotopic (exact) mass is 289 g/mol. The molecule has 8 heteroatoms. The molecule has 0 aliphatic rings. The molecule has 1 aromatic carbocycles. The van der Waals surface area contributed by atoms with Gasteiger partial charge in [-0.15, -0.1) is 0 Å². The van der Waals surface area contributed by atoms with Gasteiger partial charge in [-0.3, -0.25) is 10.6 Å². The number of hydrogen-bond acceptors (Lipinski definition) is 6. The Bertz CT molecular complexity index is 767. The third-order valence-corrected chi connectivity index (χ3v) is 3.76. The highest BCUT2D eigenvalue weighted by Gasteiger charge is 2.20. The lowest BCUT2D eigenvalue weighted by atomic mass is 10.2. The van der Waals surface area contributed by atoms with Crippen LogP contribution in [0.4, 0.5) is 11.4 Å². The van der Waals surface area contributed by atoms with Crippen molar-refractivity contribution < 1.29 is 8.42 Å². The molecular formula is C12H11N5O2S. The van der Waals surface area contributed by atoms with Crippen LogP contribution in [0.5, 0.6) is 0 Å². The summed E-state index contributed by atoms with van der Waals surface area (Å²) in [5.41, 5.74) is 3.08. The van der Waals surface area contributed by atoms with Gasteiger partial charge in [0.1, 0.15) is 0 Å². The number of nitrogens with two attached hydrogens (primary N) is 1. The van der Waals surface area contributed by atoms with Crippen molar-refractivity contribution in [2.24, 2.45) is 5.84 Å². The highest BCUT2D eigenvalue weighted by molar-refractivity contribution is 7.92. The van der Waals surface area contributed by atoms with Crippen LogP contribution >= 0.6 is 0 Å². The third kappa shape index (κ3) is 2.85. The molecule has 0 aliphatic heterocycles. The lowest BCUT2D eigenvalue weighted by Crippen LogP contribution is -2.18. The van der Waals surface area contributed by atoms with Crippen molar-refractivity contribution >= 4 is 21.4 Å². The molecule has 0 spiro atoms. The van der Waals surface area contributed by atoms with E-state index in [9.17, 15) is 8.42 Å². The number of benzene rings is 1. The van der Waals surface area contributed by atoms with Gasteiger partial charge in [-0.2, -0.15) is 13.7 Å². The number of hydrazine groups is 1. The van der Waals surface area contributed by atoms with Crippen molar-refractivity contribution in [2.45, 2.75) is 5.03 Å². The van der Waals surface area contributed by atoms with Crippen molar-refractivity contribution in [1.82, 2.24) is 4.98 Å². The van der Waals surface area contributed by atoms with Crippen molar-refractivity contribution in [2.75, 3.05) is 10.1 Å². The molecule has 102 valence electrons. The number of hydrogen-bond donors (Lipinski definition) is 3. The van der Waals surface area contributed by atoms with Crippen LogP contribution in [-0.2, 0) is 10.0 Å². The predicted octanol–water partition coefficient (Wildman–Crippen LogP) is 1.04. The molecule has 0 saturated heterocycles. The SMILES string of the molecule is N#Cc1cccc(NS(=O)(=O)c2ncccc2NN)c1. The van der Waals surface area contributed by atoms with Crippen LogP contribution in [0.15, 0.2) is 47.6 Å². The minimum absolute atomic E-state index is 0.177. The van der Waals surface area contributed by atoms with E-state index in [0.29, 0.717) is 5.56 Å². The Hall–Kier alpha value is -2.63.